The summed E-state index contributed by atoms with van der Waals surface area (Å²) < 4.78 is 0. The van der Waals surface area contributed by atoms with Crippen molar-refractivity contribution in [3.63, 3.8) is 0 Å². The Hall–Kier alpha value is -0.230. The number of rotatable bonds is 5. The van der Waals surface area contributed by atoms with Crippen LogP contribution in [0.3, 0.4) is 0 Å². The normalized spacial score (nSPS) is 12.9. The van der Waals surface area contributed by atoms with Crippen molar-refractivity contribution in [2.75, 3.05) is 0 Å². The highest BCUT2D eigenvalue weighted by Crippen LogP contribution is 2.27. The fourth-order valence-electron chi connectivity index (χ4n) is 1.73. The molecule has 0 radical (unpaired) electrons. The lowest BCUT2D eigenvalue weighted by Gasteiger charge is -2.20. The summed E-state index contributed by atoms with van der Waals surface area (Å²) in [6, 6.07) is 0. The molecule has 0 unspecified atom stereocenters. The van der Waals surface area contributed by atoms with Gasteiger partial charge in [-0.05, 0) is 45.4 Å². The van der Waals surface area contributed by atoms with Gasteiger partial charge in [-0.25, -0.2) is 0 Å². The molecule has 0 heterocycles. The zero-order chi connectivity index (χ0) is 11.2. The van der Waals surface area contributed by atoms with Crippen LogP contribution in [0.5, 0.6) is 0 Å². The number of allylic oxidation sites excluding steroid dienone is 3. The zero-order valence-corrected chi connectivity index (χ0v) is 10.9. The van der Waals surface area contributed by atoms with E-state index in [1.807, 2.05) is 0 Å². The largest absolute Gasteiger partial charge is 0.0930 e. The van der Waals surface area contributed by atoms with E-state index < -0.39 is 0 Å². The summed E-state index contributed by atoms with van der Waals surface area (Å²) in [4.78, 5) is 0. The first-order valence-electron chi connectivity index (χ1n) is 5.29. The molecular weight excluding hydrogens is 192 g/mol. The van der Waals surface area contributed by atoms with E-state index in [-0.39, 0.29) is 0 Å². The molecule has 0 bridgehead atoms. The van der Waals surface area contributed by atoms with Crippen LogP contribution in [0, 0.1) is 5.41 Å². The van der Waals surface area contributed by atoms with E-state index in [0.29, 0.717) is 5.41 Å². The monoisotopic (exact) mass is 214 g/mol. The van der Waals surface area contributed by atoms with Crippen LogP contribution in [-0.4, -0.2) is 0 Å². The Morgan fingerprint density at radius 1 is 1.21 bits per heavy atom. The minimum absolute atomic E-state index is 0.325. The first-order valence-corrected chi connectivity index (χ1v) is 5.73. The van der Waals surface area contributed by atoms with Gasteiger partial charge in [0.05, 0.1) is 0 Å². The molecule has 0 aliphatic carbocycles. The molecular formula is C13H23Cl. The van der Waals surface area contributed by atoms with E-state index in [1.165, 1.54) is 24.0 Å². The molecule has 82 valence electrons. The van der Waals surface area contributed by atoms with E-state index in [9.17, 15) is 0 Å². The van der Waals surface area contributed by atoms with Crippen LogP contribution in [0.25, 0.3) is 0 Å². The van der Waals surface area contributed by atoms with Crippen molar-refractivity contribution in [1.82, 2.24) is 0 Å². The van der Waals surface area contributed by atoms with Gasteiger partial charge in [0.15, 0.2) is 0 Å². The molecule has 0 rings (SSSR count). The summed E-state index contributed by atoms with van der Waals surface area (Å²) in [7, 11) is 0. The summed E-state index contributed by atoms with van der Waals surface area (Å²) in [5.41, 5.74) is 4.69. The molecule has 1 heteroatoms. The molecule has 0 aromatic heterocycles. The van der Waals surface area contributed by atoms with Crippen molar-refractivity contribution in [1.29, 1.82) is 0 Å². The third-order valence-corrected chi connectivity index (χ3v) is 2.63. The van der Waals surface area contributed by atoms with Crippen LogP contribution in [0.2, 0.25) is 0 Å². The molecule has 0 amide bonds. The highest BCUT2D eigenvalue weighted by Gasteiger charge is 2.13. The summed E-state index contributed by atoms with van der Waals surface area (Å²) in [6.45, 7) is 11.0. The van der Waals surface area contributed by atoms with Crippen molar-refractivity contribution in [3.8, 4) is 0 Å². The predicted molar refractivity (Wildman–Crippen MR) is 66.7 cm³/mol. The maximum absolute atomic E-state index is 5.61. The molecule has 14 heavy (non-hydrogen) atoms. The minimum Gasteiger partial charge on any atom is -0.0930 e. The Labute approximate surface area is 94.0 Å². The van der Waals surface area contributed by atoms with Gasteiger partial charge in [-0.15, -0.1) is 0 Å². The second-order valence-corrected chi connectivity index (χ2v) is 5.24. The molecule has 0 nitrogen and oxygen atoms in total. The van der Waals surface area contributed by atoms with Crippen LogP contribution < -0.4 is 0 Å². The Bertz CT molecular complexity index is 217. The molecule has 0 saturated heterocycles. The van der Waals surface area contributed by atoms with E-state index in [4.69, 9.17) is 11.6 Å². The highest BCUT2D eigenvalue weighted by atomic mass is 35.5. The van der Waals surface area contributed by atoms with Gasteiger partial charge in [0, 0.05) is 5.54 Å². The summed E-state index contributed by atoms with van der Waals surface area (Å²) in [6.07, 6.45) is 5.91. The van der Waals surface area contributed by atoms with Crippen molar-refractivity contribution in [2.45, 2.75) is 53.9 Å². The minimum atomic E-state index is 0.325. The lowest BCUT2D eigenvalue weighted by Crippen LogP contribution is -2.07. The first-order chi connectivity index (χ1) is 6.37. The summed E-state index contributed by atoms with van der Waals surface area (Å²) in [5, 5.41) is 0. The fraction of sp³-hybridized carbons (Fsp3) is 0.692. The lowest BCUT2D eigenvalue weighted by molar-refractivity contribution is 0.419. The van der Waals surface area contributed by atoms with E-state index in [1.54, 1.807) is 5.54 Å². The number of hydrogen-bond donors (Lipinski definition) is 0. The lowest BCUT2D eigenvalue weighted by atomic mass is 9.85. The van der Waals surface area contributed by atoms with Crippen LogP contribution in [0.4, 0.5) is 0 Å². The first kappa shape index (κ1) is 13.8. The number of halogens is 1. The van der Waals surface area contributed by atoms with Gasteiger partial charge in [0.1, 0.15) is 0 Å². The quantitative estimate of drug-likeness (QED) is 0.546. The van der Waals surface area contributed by atoms with Crippen LogP contribution >= 0.6 is 11.6 Å². The van der Waals surface area contributed by atoms with E-state index >= 15 is 0 Å². The fourth-order valence-corrected chi connectivity index (χ4v) is 1.84. The molecule has 0 aromatic carbocycles. The van der Waals surface area contributed by atoms with Gasteiger partial charge >= 0.3 is 0 Å². The van der Waals surface area contributed by atoms with Crippen LogP contribution in [-0.2, 0) is 0 Å². The molecule has 0 atom stereocenters. The van der Waals surface area contributed by atoms with Gasteiger partial charge in [0.25, 0.3) is 0 Å². The van der Waals surface area contributed by atoms with E-state index in [2.05, 4.69) is 40.7 Å². The predicted octanol–water partition coefficient (Wildman–Crippen LogP) is 5.29. The van der Waals surface area contributed by atoms with E-state index in [0.717, 1.165) is 6.42 Å². The third-order valence-electron chi connectivity index (χ3n) is 2.26. The Kier molecular flexibility index (Phi) is 6.19. The average Bonchev–Trinajstić information content (AvgIpc) is 2.01. The maximum Gasteiger partial charge on any atom is 0.00316 e. The Morgan fingerprint density at radius 3 is 2.21 bits per heavy atom. The Morgan fingerprint density at radius 2 is 1.79 bits per heavy atom. The zero-order valence-electron chi connectivity index (χ0n) is 10.2. The molecule has 0 fully saturated rings. The van der Waals surface area contributed by atoms with Crippen molar-refractivity contribution in [3.05, 3.63) is 22.8 Å². The molecule has 0 aliphatic rings. The van der Waals surface area contributed by atoms with Gasteiger partial charge in [-0.1, -0.05) is 42.7 Å². The molecule has 0 aliphatic heterocycles. The standard InChI is InChI=1S/C13H23Cl/c1-11(2)9-13(4,5)8-6-7-12(3)10-14/h9-10H,6-8H2,1-5H3. The van der Waals surface area contributed by atoms with Gasteiger partial charge in [0.2, 0.25) is 0 Å². The summed E-state index contributed by atoms with van der Waals surface area (Å²) >= 11 is 5.61. The third kappa shape index (κ3) is 7.20. The second kappa shape index (κ2) is 6.29. The van der Waals surface area contributed by atoms with Crippen molar-refractivity contribution < 1.29 is 0 Å². The SMILES string of the molecule is CC(C)=CC(C)(C)CCCC(C)=CCl. The maximum atomic E-state index is 5.61. The van der Waals surface area contributed by atoms with Crippen LogP contribution in [0.1, 0.15) is 53.9 Å². The smallest absolute Gasteiger partial charge is 0.00316 e. The topological polar surface area (TPSA) is 0 Å². The Balaban J connectivity index is 3.94. The molecule has 0 N–H and O–H groups in total. The van der Waals surface area contributed by atoms with Crippen molar-refractivity contribution >= 4 is 11.6 Å². The number of hydrogen-bond acceptors (Lipinski definition) is 0. The highest BCUT2D eigenvalue weighted by molar-refractivity contribution is 6.25. The molecule has 0 saturated carbocycles. The van der Waals surface area contributed by atoms with Crippen LogP contribution in [0.15, 0.2) is 22.8 Å². The summed E-state index contributed by atoms with van der Waals surface area (Å²) in [5.74, 6) is 0. The molecule has 0 aromatic rings. The second-order valence-electron chi connectivity index (χ2n) is 5.02. The van der Waals surface area contributed by atoms with Gasteiger partial charge in [-0.3, -0.25) is 0 Å². The average molecular weight is 215 g/mol. The van der Waals surface area contributed by atoms with Crippen molar-refractivity contribution in [2.24, 2.45) is 5.41 Å². The van der Waals surface area contributed by atoms with Gasteiger partial charge in [-0.2, -0.15) is 0 Å². The molecule has 0 spiro atoms. The van der Waals surface area contributed by atoms with Gasteiger partial charge < -0.3 is 0 Å².